The van der Waals surface area contributed by atoms with E-state index < -0.39 is 0 Å². The van der Waals surface area contributed by atoms with Crippen molar-refractivity contribution < 1.29 is 0 Å². The summed E-state index contributed by atoms with van der Waals surface area (Å²) in [7, 11) is 0. The first kappa shape index (κ1) is 14.0. The van der Waals surface area contributed by atoms with Gasteiger partial charge in [0.2, 0.25) is 0 Å². The zero-order valence-electron chi connectivity index (χ0n) is 12.1. The minimum Gasteiger partial charge on any atom is -0.268 e. The Morgan fingerprint density at radius 1 is 1.25 bits per heavy atom. The van der Waals surface area contributed by atoms with Crippen molar-refractivity contribution in [1.82, 2.24) is 10.2 Å². The van der Waals surface area contributed by atoms with E-state index in [0.29, 0.717) is 11.3 Å². The molecule has 2 aromatic rings. The highest BCUT2D eigenvalue weighted by Gasteiger charge is 2.16. The Morgan fingerprint density at radius 2 is 1.95 bits per heavy atom. The number of aromatic nitrogens is 2. The van der Waals surface area contributed by atoms with Gasteiger partial charge in [0.1, 0.15) is 11.8 Å². The molecule has 0 spiro atoms. The van der Waals surface area contributed by atoms with Crippen molar-refractivity contribution in [3.05, 3.63) is 51.3 Å². The molecule has 0 unspecified atom stereocenters. The molecule has 0 radical (unpaired) electrons. The summed E-state index contributed by atoms with van der Waals surface area (Å²) in [6.45, 7) is 8.44. The van der Waals surface area contributed by atoms with Crippen LogP contribution in [-0.2, 0) is 5.41 Å². The van der Waals surface area contributed by atoms with Crippen LogP contribution in [0.4, 0.5) is 0 Å². The summed E-state index contributed by atoms with van der Waals surface area (Å²) in [5, 5.41) is 15.5. The van der Waals surface area contributed by atoms with Crippen molar-refractivity contribution in [3.63, 3.8) is 0 Å². The lowest BCUT2D eigenvalue weighted by molar-refractivity contribution is 0.590. The summed E-state index contributed by atoms with van der Waals surface area (Å²) in [6, 6.07) is 9.40. The third-order valence-corrected chi connectivity index (χ3v) is 3.28. The van der Waals surface area contributed by atoms with E-state index in [1.165, 1.54) is 11.6 Å². The molecule has 1 heterocycles. The maximum atomic E-state index is 11.2. The number of rotatable bonds is 1. The van der Waals surface area contributed by atoms with Crippen LogP contribution in [0.3, 0.4) is 0 Å². The number of benzene rings is 1. The Hall–Kier alpha value is -2.41. The van der Waals surface area contributed by atoms with E-state index in [0.717, 1.165) is 11.1 Å². The van der Waals surface area contributed by atoms with Gasteiger partial charge in [-0.2, -0.15) is 10.4 Å². The molecule has 4 nitrogen and oxygen atoms in total. The van der Waals surface area contributed by atoms with Gasteiger partial charge < -0.3 is 0 Å². The van der Waals surface area contributed by atoms with Gasteiger partial charge in [-0.25, -0.2) is 5.10 Å². The van der Waals surface area contributed by atoms with Crippen LogP contribution in [0.15, 0.2) is 29.1 Å². The second-order valence-electron chi connectivity index (χ2n) is 5.89. The molecule has 0 bridgehead atoms. The van der Waals surface area contributed by atoms with E-state index in [2.05, 4.69) is 37.0 Å². The Labute approximate surface area is 118 Å². The molecule has 0 saturated carbocycles. The average molecular weight is 267 g/mol. The van der Waals surface area contributed by atoms with Crippen LogP contribution < -0.4 is 5.56 Å². The third-order valence-electron chi connectivity index (χ3n) is 3.28. The van der Waals surface area contributed by atoms with E-state index in [1.807, 2.05) is 25.1 Å². The molecule has 20 heavy (non-hydrogen) atoms. The van der Waals surface area contributed by atoms with Gasteiger partial charge >= 0.3 is 0 Å². The van der Waals surface area contributed by atoms with Gasteiger partial charge in [0.25, 0.3) is 5.56 Å². The van der Waals surface area contributed by atoms with Crippen molar-refractivity contribution in [2.75, 3.05) is 0 Å². The molecule has 0 amide bonds. The van der Waals surface area contributed by atoms with Crippen LogP contribution in [-0.4, -0.2) is 10.2 Å². The quantitative estimate of drug-likeness (QED) is 0.863. The number of nitrogens with zero attached hydrogens (tertiary/aromatic N) is 2. The number of nitrogens with one attached hydrogen (secondary N) is 1. The van der Waals surface area contributed by atoms with E-state index in [4.69, 9.17) is 5.26 Å². The van der Waals surface area contributed by atoms with Gasteiger partial charge in [-0.1, -0.05) is 39.0 Å². The zero-order valence-corrected chi connectivity index (χ0v) is 12.1. The number of aryl methyl sites for hydroxylation is 1. The standard InChI is InChI=1S/C16H17N3O/c1-10-7-12(16(2,3)4)5-6-13(10)15-11(9-17)8-14(20)18-19-15/h5-8H,1-4H3,(H,18,20). The fraction of sp³-hybridized carbons (Fsp3) is 0.312. The predicted molar refractivity (Wildman–Crippen MR) is 78.4 cm³/mol. The average Bonchev–Trinajstić information content (AvgIpc) is 2.38. The number of nitriles is 1. The summed E-state index contributed by atoms with van der Waals surface area (Å²) in [5.41, 5.74) is 3.64. The second kappa shape index (κ2) is 4.93. The fourth-order valence-corrected chi connectivity index (χ4v) is 2.09. The van der Waals surface area contributed by atoms with Gasteiger partial charge in [-0.3, -0.25) is 4.79 Å². The molecule has 0 aliphatic carbocycles. The van der Waals surface area contributed by atoms with Gasteiger partial charge in [0, 0.05) is 11.6 Å². The van der Waals surface area contributed by atoms with E-state index in [1.54, 1.807) is 0 Å². The molecule has 0 saturated heterocycles. The molecule has 0 fully saturated rings. The maximum absolute atomic E-state index is 11.2. The van der Waals surface area contributed by atoms with Gasteiger partial charge in [-0.05, 0) is 23.5 Å². The van der Waals surface area contributed by atoms with Crippen LogP contribution in [0.2, 0.25) is 0 Å². The summed E-state index contributed by atoms with van der Waals surface area (Å²) >= 11 is 0. The molecular formula is C16H17N3O. The van der Waals surface area contributed by atoms with Crippen LogP contribution in [0.1, 0.15) is 37.5 Å². The van der Waals surface area contributed by atoms with E-state index in [9.17, 15) is 4.79 Å². The van der Waals surface area contributed by atoms with E-state index >= 15 is 0 Å². The lowest BCUT2D eigenvalue weighted by Crippen LogP contribution is -2.12. The number of aromatic amines is 1. The van der Waals surface area contributed by atoms with Crippen molar-refractivity contribution >= 4 is 0 Å². The number of hydrogen-bond donors (Lipinski definition) is 1. The zero-order chi connectivity index (χ0) is 14.9. The SMILES string of the molecule is Cc1cc(C(C)(C)C)ccc1-c1n[nH]c(=O)cc1C#N. The lowest BCUT2D eigenvalue weighted by atomic mass is 9.85. The highest BCUT2D eigenvalue weighted by atomic mass is 16.1. The third kappa shape index (κ3) is 2.62. The minimum atomic E-state index is -0.366. The lowest BCUT2D eigenvalue weighted by Gasteiger charge is -2.20. The molecular weight excluding hydrogens is 250 g/mol. The van der Waals surface area contributed by atoms with Crippen LogP contribution in [0.5, 0.6) is 0 Å². The Kier molecular flexibility index (Phi) is 3.46. The normalized spacial score (nSPS) is 11.2. The highest BCUT2D eigenvalue weighted by molar-refractivity contribution is 5.69. The van der Waals surface area contributed by atoms with Crippen molar-refractivity contribution in [3.8, 4) is 17.3 Å². The molecule has 2 rings (SSSR count). The summed E-state index contributed by atoms with van der Waals surface area (Å²) < 4.78 is 0. The van der Waals surface area contributed by atoms with Crippen LogP contribution >= 0.6 is 0 Å². The molecule has 0 atom stereocenters. The largest absolute Gasteiger partial charge is 0.268 e. The Balaban J connectivity index is 2.61. The topological polar surface area (TPSA) is 69.5 Å². The molecule has 1 N–H and O–H groups in total. The summed E-state index contributed by atoms with van der Waals surface area (Å²) in [6.07, 6.45) is 0. The Bertz CT molecular complexity index is 746. The van der Waals surface area contributed by atoms with E-state index in [-0.39, 0.29) is 11.0 Å². The molecule has 0 aliphatic rings. The number of hydrogen-bond acceptors (Lipinski definition) is 3. The molecule has 4 heteroatoms. The smallest absolute Gasteiger partial charge is 0.265 e. The fourth-order valence-electron chi connectivity index (χ4n) is 2.09. The first-order chi connectivity index (χ1) is 9.32. The maximum Gasteiger partial charge on any atom is 0.265 e. The summed E-state index contributed by atoms with van der Waals surface area (Å²) in [4.78, 5) is 11.2. The van der Waals surface area contributed by atoms with Crippen LogP contribution in [0, 0.1) is 18.3 Å². The Morgan fingerprint density at radius 3 is 2.50 bits per heavy atom. The van der Waals surface area contributed by atoms with Gasteiger partial charge in [-0.15, -0.1) is 0 Å². The second-order valence-corrected chi connectivity index (χ2v) is 5.89. The van der Waals surface area contributed by atoms with Crippen molar-refractivity contribution in [2.45, 2.75) is 33.1 Å². The van der Waals surface area contributed by atoms with Gasteiger partial charge in [0.15, 0.2) is 0 Å². The van der Waals surface area contributed by atoms with Crippen LogP contribution in [0.25, 0.3) is 11.3 Å². The molecule has 0 aliphatic heterocycles. The first-order valence-electron chi connectivity index (χ1n) is 6.44. The number of H-pyrrole nitrogens is 1. The molecule has 1 aromatic heterocycles. The first-order valence-corrected chi connectivity index (χ1v) is 6.44. The monoisotopic (exact) mass is 267 g/mol. The minimum absolute atomic E-state index is 0.0692. The molecule has 1 aromatic carbocycles. The predicted octanol–water partition coefficient (Wildman–Crippen LogP) is 2.91. The van der Waals surface area contributed by atoms with Crippen molar-refractivity contribution in [2.24, 2.45) is 0 Å². The van der Waals surface area contributed by atoms with Crippen molar-refractivity contribution in [1.29, 1.82) is 5.26 Å². The molecule has 102 valence electrons. The summed E-state index contributed by atoms with van der Waals surface area (Å²) in [5.74, 6) is 0. The van der Waals surface area contributed by atoms with Gasteiger partial charge in [0.05, 0.1) is 5.56 Å². The highest BCUT2D eigenvalue weighted by Crippen LogP contribution is 2.29.